The first-order chi connectivity index (χ1) is 18.3. The third-order valence-corrected chi connectivity index (χ3v) is 8.14. The monoisotopic (exact) mass is 572 g/mol. The molecule has 8 nitrogen and oxygen atoms in total. The summed E-state index contributed by atoms with van der Waals surface area (Å²) in [4.78, 5) is 13.2. The van der Waals surface area contributed by atoms with E-state index in [4.69, 9.17) is 9.47 Å². The number of aliphatic hydroxyl groups is 1. The van der Waals surface area contributed by atoms with Crippen molar-refractivity contribution in [2.75, 3.05) is 44.8 Å². The van der Waals surface area contributed by atoms with E-state index in [0.717, 1.165) is 23.8 Å². The number of hydrogen-bond acceptors (Lipinski definition) is 6. The number of hydrogen-bond donors (Lipinski definition) is 1. The summed E-state index contributed by atoms with van der Waals surface area (Å²) in [5, 5.41) is 9.93. The Labute approximate surface area is 227 Å². The van der Waals surface area contributed by atoms with E-state index in [-0.39, 0.29) is 34.4 Å². The lowest BCUT2D eigenvalue weighted by molar-refractivity contribution is -0.137. The van der Waals surface area contributed by atoms with Crippen LogP contribution < -0.4 is 9.04 Å². The van der Waals surface area contributed by atoms with Crippen LogP contribution in [0.1, 0.15) is 48.2 Å². The van der Waals surface area contributed by atoms with Crippen molar-refractivity contribution in [3.63, 3.8) is 0 Å². The molecule has 0 saturated carbocycles. The van der Waals surface area contributed by atoms with Crippen molar-refractivity contribution in [3.05, 3.63) is 53.1 Å². The number of alkyl halides is 3. The van der Waals surface area contributed by atoms with Crippen LogP contribution in [0.3, 0.4) is 0 Å². The Morgan fingerprint density at radius 3 is 2.36 bits per heavy atom. The Kier molecular flexibility index (Phi) is 9.89. The Balaban J connectivity index is 2.03. The van der Waals surface area contributed by atoms with Gasteiger partial charge in [-0.15, -0.1) is 0 Å². The number of aliphatic hydroxyl groups excluding tert-OH is 1. The van der Waals surface area contributed by atoms with Crippen LogP contribution in [0.5, 0.6) is 5.75 Å². The predicted octanol–water partition coefficient (Wildman–Crippen LogP) is 4.56. The number of carbonyl (C=O) groups excluding carboxylic acids is 1. The van der Waals surface area contributed by atoms with Gasteiger partial charge in [-0.1, -0.05) is 13.8 Å². The van der Waals surface area contributed by atoms with Crippen LogP contribution in [0.2, 0.25) is 0 Å². The van der Waals surface area contributed by atoms with Gasteiger partial charge in [-0.3, -0.25) is 9.10 Å². The smallest absolute Gasteiger partial charge is 0.418 e. The molecule has 0 aliphatic carbocycles. The summed E-state index contributed by atoms with van der Waals surface area (Å²) in [6.45, 7) is 4.24. The molecule has 2 aromatic rings. The third kappa shape index (κ3) is 7.43. The van der Waals surface area contributed by atoms with Crippen LogP contribution >= 0.6 is 0 Å². The first-order valence-electron chi connectivity index (χ1n) is 12.7. The molecule has 1 amide bonds. The van der Waals surface area contributed by atoms with Crippen molar-refractivity contribution in [1.82, 2.24) is 4.90 Å². The minimum atomic E-state index is -4.93. The summed E-state index contributed by atoms with van der Waals surface area (Å²) in [5.74, 6) is -0.406. The molecule has 0 bridgehead atoms. The van der Waals surface area contributed by atoms with Crippen LogP contribution in [0, 0.1) is 11.8 Å². The van der Waals surface area contributed by atoms with Crippen LogP contribution in [-0.2, 0) is 27.5 Å². The molecular formula is C27H35F3N2O6S. The number of amides is 1. The molecule has 0 atom stereocenters. The number of benzene rings is 2. The minimum absolute atomic E-state index is 0.204. The minimum Gasteiger partial charge on any atom is -0.493 e. The number of sulfonamides is 1. The van der Waals surface area contributed by atoms with Crippen LogP contribution in [0.15, 0.2) is 41.3 Å². The Bertz CT molecular complexity index is 1260. The Morgan fingerprint density at radius 2 is 1.79 bits per heavy atom. The number of carbonyl (C=O) groups is 1. The van der Waals surface area contributed by atoms with E-state index in [2.05, 4.69) is 0 Å². The topological polar surface area (TPSA) is 96.4 Å². The molecule has 1 aliphatic heterocycles. The number of nitrogens with zero attached hydrogens (tertiary/aromatic N) is 2. The second-order valence-corrected chi connectivity index (χ2v) is 12.0. The van der Waals surface area contributed by atoms with Gasteiger partial charge in [-0.25, -0.2) is 8.42 Å². The molecule has 0 radical (unpaired) electrons. The highest BCUT2D eigenvalue weighted by molar-refractivity contribution is 7.92. The zero-order valence-electron chi connectivity index (χ0n) is 22.5. The first kappa shape index (κ1) is 30.7. The van der Waals surface area contributed by atoms with Gasteiger partial charge < -0.3 is 19.5 Å². The predicted molar refractivity (Wildman–Crippen MR) is 140 cm³/mol. The van der Waals surface area contributed by atoms with Crippen LogP contribution in [-0.4, -0.2) is 64.8 Å². The molecule has 1 N–H and O–H groups in total. The van der Waals surface area contributed by atoms with Gasteiger partial charge in [-0.05, 0) is 61.1 Å². The number of ether oxygens (including phenoxy) is 2. The van der Waals surface area contributed by atoms with E-state index in [9.17, 15) is 31.5 Å². The summed E-state index contributed by atoms with van der Waals surface area (Å²) < 4.78 is 82.1. The number of rotatable bonds is 10. The van der Waals surface area contributed by atoms with Gasteiger partial charge in [0.2, 0.25) is 0 Å². The molecule has 0 unspecified atom stereocenters. The molecule has 12 heteroatoms. The van der Waals surface area contributed by atoms with E-state index in [1.54, 1.807) is 13.8 Å². The molecule has 0 aromatic heterocycles. The first-order valence-corrected chi connectivity index (χ1v) is 14.1. The molecule has 3 rings (SSSR count). The quantitative estimate of drug-likeness (QED) is 0.449. The van der Waals surface area contributed by atoms with E-state index < -0.39 is 40.0 Å². The van der Waals surface area contributed by atoms with Gasteiger partial charge in [0.1, 0.15) is 5.75 Å². The van der Waals surface area contributed by atoms with E-state index >= 15 is 0 Å². The normalized spacial score (nSPS) is 14.9. The van der Waals surface area contributed by atoms with Gasteiger partial charge in [0.25, 0.3) is 15.9 Å². The van der Waals surface area contributed by atoms with Crippen molar-refractivity contribution in [3.8, 4) is 5.75 Å². The summed E-state index contributed by atoms with van der Waals surface area (Å²) >= 11 is 0. The van der Waals surface area contributed by atoms with Crippen molar-refractivity contribution in [2.45, 2.75) is 44.4 Å². The van der Waals surface area contributed by atoms with Crippen LogP contribution in [0.4, 0.5) is 18.9 Å². The molecular weight excluding hydrogens is 537 g/mol. The van der Waals surface area contributed by atoms with E-state index in [1.807, 2.05) is 0 Å². The SMILES string of the molecule is CC(C)CN(c1ccc(C(=O)N(C)C)cc1C(F)(F)F)S(=O)(=O)c1ccc(OCC2CCOCC2)c(CO)c1. The van der Waals surface area contributed by atoms with Crippen molar-refractivity contribution >= 4 is 21.6 Å². The van der Waals surface area contributed by atoms with E-state index in [0.29, 0.717) is 35.9 Å². The highest BCUT2D eigenvalue weighted by atomic mass is 32.2. The molecule has 0 spiro atoms. The standard InChI is InChI=1S/C27H35F3N2O6S/c1-18(2)15-32(24-7-5-20(26(34)31(3)4)14-23(24)27(28,29)30)39(35,36)22-6-8-25(21(13-22)16-33)38-17-19-9-11-37-12-10-19/h5-8,13-14,18-19,33H,9-12,15-17H2,1-4H3. The zero-order chi connectivity index (χ0) is 29.0. The van der Waals surface area contributed by atoms with Crippen molar-refractivity contribution in [2.24, 2.45) is 11.8 Å². The van der Waals surface area contributed by atoms with Crippen molar-refractivity contribution < 1.29 is 41.0 Å². The molecule has 1 saturated heterocycles. The second-order valence-electron chi connectivity index (χ2n) is 10.2. The highest BCUT2D eigenvalue weighted by Gasteiger charge is 2.39. The molecule has 1 aliphatic rings. The largest absolute Gasteiger partial charge is 0.493 e. The van der Waals surface area contributed by atoms with Gasteiger partial charge in [0, 0.05) is 45.0 Å². The molecule has 216 valence electrons. The highest BCUT2D eigenvalue weighted by Crippen LogP contribution is 2.40. The molecule has 1 fully saturated rings. The van der Waals surface area contributed by atoms with Gasteiger partial charge in [-0.2, -0.15) is 13.2 Å². The third-order valence-electron chi connectivity index (χ3n) is 6.36. The lowest BCUT2D eigenvalue weighted by atomic mass is 10.0. The zero-order valence-corrected chi connectivity index (χ0v) is 23.3. The van der Waals surface area contributed by atoms with Gasteiger partial charge in [0.05, 0.1) is 29.4 Å². The Morgan fingerprint density at radius 1 is 1.13 bits per heavy atom. The lowest BCUT2D eigenvalue weighted by Gasteiger charge is -2.29. The fourth-order valence-corrected chi connectivity index (χ4v) is 5.96. The molecule has 39 heavy (non-hydrogen) atoms. The summed E-state index contributed by atoms with van der Waals surface area (Å²) in [5.41, 5.74) is -1.84. The lowest BCUT2D eigenvalue weighted by Crippen LogP contribution is -2.36. The van der Waals surface area contributed by atoms with E-state index in [1.165, 1.54) is 38.4 Å². The average molecular weight is 573 g/mol. The maximum atomic E-state index is 14.2. The maximum absolute atomic E-state index is 14.2. The fraction of sp³-hybridized carbons (Fsp3) is 0.519. The number of anilines is 1. The summed E-state index contributed by atoms with van der Waals surface area (Å²) in [7, 11) is -1.69. The summed E-state index contributed by atoms with van der Waals surface area (Å²) in [6, 6.07) is 6.76. The molecule has 1 heterocycles. The van der Waals surface area contributed by atoms with Gasteiger partial charge in [0.15, 0.2) is 0 Å². The Hall–Kier alpha value is -2.83. The number of halogens is 3. The maximum Gasteiger partial charge on any atom is 0.418 e. The molecule has 2 aromatic carbocycles. The summed E-state index contributed by atoms with van der Waals surface area (Å²) in [6.07, 6.45) is -3.28. The second kappa shape index (κ2) is 12.6. The van der Waals surface area contributed by atoms with Crippen LogP contribution in [0.25, 0.3) is 0 Å². The van der Waals surface area contributed by atoms with Crippen molar-refractivity contribution in [1.29, 1.82) is 0 Å². The fourth-order valence-electron chi connectivity index (χ4n) is 4.26. The average Bonchev–Trinajstić information content (AvgIpc) is 2.89. The van der Waals surface area contributed by atoms with Gasteiger partial charge >= 0.3 is 6.18 Å².